The van der Waals surface area contributed by atoms with E-state index in [2.05, 4.69) is 5.32 Å². The van der Waals surface area contributed by atoms with Crippen LogP contribution >= 0.6 is 11.8 Å². The quantitative estimate of drug-likeness (QED) is 0.214. The van der Waals surface area contributed by atoms with E-state index in [4.69, 9.17) is 15.2 Å². The minimum absolute atomic E-state index is 0.0574. The maximum Gasteiger partial charge on any atom is 0.339 e. The van der Waals surface area contributed by atoms with Crippen molar-refractivity contribution >= 4 is 46.2 Å². The summed E-state index contributed by atoms with van der Waals surface area (Å²) in [5.41, 5.74) is -3.43. The number of carbonyl (C=O) groups excluding carboxylic acids is 5. The van der Waals surface area contributed by atoms with E-state index in [1.807, 2.05) is 0 Å². The van der Waals surface area contributed by atoms with Crippen molar-refractivity contribution in [1.82, 2.24) is 0 Å². The lowest BCUT2D eigenvalue weighted by Gasteiger charge is -2.63. The molecule has 1 aromatic carbocycles. The van der Waals surface area contributed by atoms with Gasteiger partial charge in [-0.1, -0.05) is 13.0 Å². The maximum atomic E-state index is 17.6. The molecule has 3 saturated carbocycles. The molecule has 0 bridgehead atoms. The molecule has 52 heavy (non-hydrogen) atoms. The fraction of sp³-hybridized carbons (Fsp3) is 0.595. The molecule has 5 rings (SSSR count). The zero-order valence-corrected chi connectivity index (χ0v) is 30.4. The van der Waals surface area contributed by atoms with Crippen LogP contribution in [-0.4, -0.2) is 75.0 Å². The Labute approximate surface area is 303 Å². The molecule has 284 valence electrons. The van der Waals surface area contributed by atoms with Crippen molar-refractivity contribution in [2.24, 2.45) is 28.4 Å². The second-order valence-electron chi connectivity index (χ2n) is 15.6. The Hall–Kier alpha value is -3.56. The Bertz CT molecular complexity index is 1730. The van der Waals surface area contributed by atoms with E-state index in [9.17, 15) is 37.9 Å². The van der Waals surface area contributed by atoms with Crippen LogP contribution in [0.15, 0.2) is 42.0 Å². The van der Waals surface area contributed by atoms with E-state index >= 15 is 8.78 Å². The van der Waals surface area contributed by atoms with Gasteiger partial charge >= 0.3 is 11.9 Å². The maximum absolute atomic E-state index is 17.6. The Morgan fingerprint density at radius 1 is 1.17 bits per heavy atom. The third-order valence-corrected chi connectivity index (χ3v) is 12.1. The van der Waals surface area contributed by atoms with Gasteiger partial charge in [-0.3, -0.25) is 19.2 Å². The number of ketones is 1. The first-order chi connectivity index (χ1) is 24.1. The highest BCUT2D eigenvalue weighted by Crippen LogP contribution is 2.71. The molecular formula is C37H44F4N2O8S. The average molecular weight is 753 g/mol. The first kappa shape index (κ1) is 39.6. The zero-order valence-electron chi connectivity index (χ0n) is 29.6. The Kier molecular flexibility index (Phi) is 10.7. The third-order valence-electron chi connectivity index (χ3n) is 11.4. The van der Waals surface area contributed by atoms with Crippen LogP contribution in [0.3, 0.4) is 0 Å². The molecule has 4 N–H and O–H groups in total. The Morgan fingerprint density at radius 3 is 2.52 bits per heavy atom. The van der Waals surface area contributed by atoms with E-state index in [0.717, 1.165) is 30.4 Å². The largest absolute Gasteiger partial charge is 0.460 e. The Morgan fingerprint density at radius 2 is 1.87 bits per heavy atom. The van der Waals surface area contributed by atoms with E-state index in [1.165, 1.54) is 19.9 Å². The molecular weight excluding hydrogens is 708 g/mol. The summed E-state index contributed by atoms with van der Waals surface area (Å²) in [7, 11) is 0. The van der Waals surface area contributed by atoms with E-state index in [0.29, 0.717) is 0 Å². The highest BCUT2D eigenvalue weighted by molar-refractivity contribution is 8.13. The van der Waals surface area contributed by atoms with E-state index < -0.39 is 117 Å². The van der Waals surface area contributed by atoms with E-state index in [1.54, 1.807) is 20.8 Å². The SMILES string of the molecule is CC(C)(C)OC(=O)CC[C@H](N)C(=O)Nc1cc(C(=O)O[C@]2(C(=O)SCF)CC[C@H]3[C@@H]4C[C@H](F)C5=CC(=O)C=C[C@]5(C)[C@@]4(F)[C@@H](O)C[C@@]32C)ccc1F. The fourth-order valence-electron chi connectivity index (χ4n) is 8.89. The summed E-state index contributed by atoms with van der Waals surface area (Å²) in [5.74, 6) is -6.06. The summed E-state index contributed by atoms with van der Waals surface area (Å²) < 4.78 is 73.2. The normalized spacial score (nSPS) is 34.3. The number of esters is 2. The van der Waals surface area contributed by atoms with Crippen molar-refractivity contribution in [2.45, 2.75) is 108 Å². The number of halogens is 4. The van der Waals surface area contributed by atoms with Gasteiger partial charge < -0.3 is 25.6 Å². The fourth-order valence-corrected chi connectivity index (χ4v) is 9.60. The molecule has 0 saturated heterocycles. The number of hydrogen-bond donors (Lipinski definition) is 3. The predicted molar refractivity (Wildman–Crippen MR) is 183 cm³/mol. The molecule has 10 nitrogen and oxygen atoms in total. The first-order valence-corrected chi connectivity index (χ1v) is 18.1. The number of nitrogens with two attached hydrogens (primary N) is 1. The van der Waals surface area contributed by atoms with Crippen molar-refractivity contribution in [1.29, 1.82) is 0 Å². The van der Waals surface area contributed by atoms with Gasteiger partial charge in [0.25, 0.3) is 0 Å². The molecule has 0 radical (unpaired) electrons. The first-order valence-electron chi connectivity index (χ1n) is 17.1. The van der Waals surface area contributed by atoms with Crippen molar-refractivity contribution < 1.29 is 56.1 Å². The number of thioether (sulfide) groups is 1. The van der Waals surface area contributed by atoms with Crippen LogP contribution < -0.4 is 11.1 Å². The number of fused-ring (bicyclic) bond motifs is 5. The molecule has 0 aromatic heterocycles. The number of benzene rings is 1. The second-order valence-corrected chi connectivity index (χ2v) is 16.4. The molecule has 0 spiro atoms. The number of ether oxygens (including phenoxy) is 2. The molecule has 4 aliphatic rings. The van der Waals surface area contributed by atoms with Crippen LogP contribution in [0.25, 0.3) is 0 Å². The third kappa shape index (κ3) is 6.61. The zero-order chi connectivity index (χ0) is 38.6. The topological polar surface area (TPSA) is 162 Å². The van der Waals surface area contributed by atoms with Crippen LogP contribution in [0.2, 0.25) is 0 Å². The monoisotopic (exact) mass is 752 g/mol. The van der Waals surface area contributed by atoms with Gasteiger partial charge in [-0.25, -0.2) is 22.4 Å². The van der Waals surface area contributed by atoms with Crippen molar-refractivity contribution in [3.8, 4) is 0 Å². The summed E-state index contributed by atoms with van der Waals surface area (Å²) in [5, 5.41) is 13.0. The molecule has 1 aromatic rings. The van der Waals surface area contributed by atoms with Gasteiger partial charge in [0.2, 0.25) is 11.0 Å². The summed E-state index contributed by atoms with van der Waals surface area (Å²) in [6, 6.07) is 0.457. The number of amides is 1. The number of anilines is 1. The van der Waals surface area contributed by atoms with Gasteiger partial charge in [0.1, 0.15) is 23.6 Å². The molecule has 4 aliphatic carbocycles. The Balaban J connectivity index is 1.41. The van der Waals surface area contributed by atoms with Crippen LogP contribution in [0.4, 0.5) is 23.2 Å². The number of hydrogen-bond acceptors (Lipinski definition) is 10. The lowest BCUT2D eigenvalue weighted by Crippen LogP contribution is -2.70. The van der Waals surface area contributed by atoms with E-state index in [-0.39, 0.29) is 48.6 Å². The standard InChI is InChI=1S/C37H44F4N2O8S/c1-33(2,3)50-29(46)9-8-26(42)30(47)43-27-14-19(6-7-24(27)39)31(48)51-36(32(49)52-18-38)13-11-21-22-16-25(40)23-15-20(44)10-12-34(23,4)37(22,41)28(45)17-35(21,36)5/h6-7,10,12,14-15,21-22,25-26,28,45H,8-9,11,13,16-18,42H2,1-5H3,(H,43,47)/t21-,22-,25-,26-,28-,34-,35-,36-,37-/m0/s1. The molecule has 3 fully saturated rings. The molecule has 0 heterocycles. The highest BCUT2D eigenvalue weighted by Gasteiger charge is 2.76. The lowest BCUT2D eigenvalue weighted by atomic mass is 9.44. The smallest absolute Gasteiger partial charge is 0.339 e. The summed E-state index contributed by atoms with van der Waals surface area (Å²) in [6.45, 7) is 8.00. The number of alkyl halides is 3. The van der Waals surface area contributed by atoms with Gasteiger partial charge in [-0.2, -0.15) is 0 Å². The average Bonchev–Trinajstić information content (AvgIpc) is 3.34. The summed E-state index contributed by atoms with van der Waals surface area (Å²) in [4.78, 5) is 64.6. The van der Waals surface area contributed by atoms with Crippen molar-refractivity contribution in [3.63, 3.8) is 0 Å². The van der Waals surface area contributed by atoms with Crippen molar-refractivity contribution in [3.05, 3.63) is 53.4 Å². The number of aliphatic hydroxyl groups excluding tert-OH is 1. The molecule has 1 amide bonds. The summed E-state index contributed by atoms with van der Waals surface area (Å²) in [6.07, 6.45) is -1.38. The summed E-state index contributed by atoms with van der Waals surface area (Å²) >= 11 is 0.240. The minimum Gasteiger partial charge on any atom is -0.460 e. The number of allylic oxidation sites excluding steroid dienone is 4. The lowest BCUT2D eigenvalue weighted by molar-refractivity contribution is -0.219. The molecule has 0 unspecified atom stereocenters. The molecule has 9 atom stereocenters. The highest BCUT2D eigenvalue weighted by atomic mass is 32.2. The van der Waals surface area contributed by atoms with Gasteiger partial charge in [0.05, 0.1) is 23.4 Å². The number of aliphatic hydroxyl groups is 1. The van der Waals surface area contributed by atoms with Crippen LogP contribution in [0.5, 0.6) is 0 Å². The van der Waals surface area contributed by atoms with Gasteiger partial charge in [-0.05, 0) is 113 Å². The second kappa shape index (κ2) is 14.0. The number of nitrogens with one attached hydrogen (secondary N) is 1. The van der Waals surface area contributed by atoms with Gasteiger partial charge in [-0.15, -0.1) is 0 Å². The van der Waals surface area contributed by atoms with Gasteiger partial charge in [0.15, 0.2) is 17.1 Å². The molecule has 0 aliphatic heterocycles. The predicted octanol–water partition coefficient (Wildman–Crippen LogP) is 5.61. The molecule has 15 heteroatoms. The number of carbonyl (C=O) groups is 5. The van der Waals surface area contributed by atoms with Crippen LogP contribution in [-0.2, 0) is 28.7 Å². The van der Waals surface area contributed by atoms with Gasteiger partial charge in [0, 0.05) is 23.2 Å². The van der Waals surface area contributed by atoms with Crippen LogP contribution in [0, 0.1) is 28.5 Å². The van der Waals surface area contributed by atoms with Crippen LogP contribution in [0.1, 0.15) is 83.5 Å². The number of rotatable bonds is 9. The van der Waals surface area contributed by atoms with Crippen molar-refractivity contribution in [2.75, 3.05) is 11.3 Å². The minimum atomic E-state index is -2.46.